The molecule has 0 aliphatic rings. The van der Waals surface area contributed by atoms with Crippen molar-refractivity contribution in [2.24, 2.45) is 0 Å². The number of fused-ring (bicyclic) bond motifs is 1. The topological polar surface area (TPSA) is 70.2 Å². The molecule has 0 atom stereocenters. The lowest BCUT2D eigenvalue weighted by atomic mass is 10.2. The van der Waals surface area contributed by atoms with E-state index in [1.54, 1.807) is 12.3 Å². The number of hydrogen-bond acceptors (Lipinski definition) is 3. The van der Waals surface area contributed by atoms with Crippen LogP contribution in [-0.4, -0.2) is 21.8 Å². The Bertz CT molecular complexity index is 706. The fourth-order valence-electron chi connectivity index (χ4n) is 1.96. The van der Waals surface area contributed by atoms with Crippen LogP contribution < -0.4 is 5.32 Å². The molecule has 2 aromatic heterocycles. The van der Waals surface area contributed by atoms with E-state index >= 15 is 0 Å². The maximum absolute atomic E-state index is 11.8. The molecule has 0 fully saturated rings. The third kappa shape index (κ3) is 2.69. The van der Waals surface area contributed by atoms with E-state index in [-0.39, 0.29) is 11.5 Å². The van der Waals surface area contributed by atoms with Crippen molar-refractivity contribution in [3.05, 3.63) is 41.4 Å². The standard InChI is InChI=1S/C15H16N4O/c1-3-7-17-15(20)12(9-16)8-13-10-18-14-6-4-5-11(2)19(13)14/h4-6,8,10H,3,7H2,1-2H3,(H,17,20)/b12-8+. The van der Waals surface area contributed by atoms with E-state index in [1.807, 2.05) is 42.5 Å². The van der Waals surface area contributed by atoms with Crippen molar-refractivity contribution in [3.8, 4) is 6.07 Å². The lowest BCUT2D eigenvalue weighted by Gasteiger charge is -2.03. The van der Waals surface area contributed by atoms with Gasteiger partial charge in [0.25, 0.3) is 5.91 Å². The van der Waals surface area contributed by atoms with Crippen LogP contribution in [0.5, 0.6) is 0 Å². The van der Waals surface area contributed by atoms with Crippen LogP contribution in [-0.2, 0) is 4.79 Å². The first-order valence-corrected chi connectivity index (χ1v) is 6.50. The molecule has 0 bridgehead atoms. The first-order valence-electron chi connectivity index (χ1n) is 6.50. The SMILES string of the molecule is CCCNC(=O)/C(C#N)=C/c1cnc2cccc(C)n12. The number of imidazole rings is 1. The van der Waals surface area contributed by atoms with E-state index in [1.165, 1.54) is 0 Å². The minimum Gasteiger partial charge on any atom is -0.351 e. The Balaban J connectivity index is 2.41. The van der Waals surface area contributed by atoms with Gasteiger partial charge in [0.2, 0.25) is 0 Å². The molecule has 0 saturated heterocycles. The number of nitrogens with zero attached hydrogens (tertiary/aromatic N) is 3. The average Bonchev–Trinajstić information content (AvgIpc) is 2.86. The minimum absolute atomic E-state index is 0.0866. The third-order valence-electron chi connectivity index (χ3n) is 2.94. The molecule has 0 unspecified atom stereocenters. The van der Waals surface area contributed by atoms with E-state index in [4.69, 9.17) is 5.26 Å². The zero-order valence-corrected chi connectivity index (χ0v) is 11.6. The first kappa shape index (κ1) is 13.8. The molecule has 2 rings (SSSR count). The monoisotopic (exact) mass is 268 g/mol. The first-order chi connectivity index (χ1) is 9.67. The summed E-state index contributed by atoms with van der Waals surface area (Å²) < 4.78 is 1.91. The number of aryl methyl sites for hydroxylation is 1. The smallest absolute Gasteiger partial charge is 0.262 e. The fourth-order valence-corrected chi connectivity index (χ4v) is 1.96. The normalized spacial score (nSPS) is 11.3. The summed E-state index contributed by atoms with van der Waals surface area (Å²) >= 11 is 0. The molecule has 0 spiro atoms. The molecule has 5 nitrogen and oxygen atoms in total. The summed E-state index contributed by atoms with van der Waals surface area (Å²) in [4.78, 5) is 16.1. The van der Waals surface area contributed by atoms with Gasteiger partial charge in [0, 0.05) is 12.2 Å². The van der Waals surface area contributed by atoms with Crippen molar-refractivity contribution in [3.63, 3.8) is 0 Å². The van der Waals surface area contributed by atoms with Crippen molar-refractivity contribution in [2.75, 3.05) is 6.54 Å². The van der Waals surface area contributed by atoms with Gasteiger partial charge >= 0.3 is 0 Å². The Morgan fingerprint density at radius 3 is 3.05 bits per heavy atom. The summed E-state index contributed by atoms with van der Waals surface area (Å²) in [5, 5.41) is 11.8. The Morgan fingerprint density at radius 1 is 1.55 bits per heavy atom. The molecular formula is C15H16N4O. The number of rotatable bonds is 4. The number of carbonyl (C=O) groups excluding carboxylic acids is 1. The van der Waals surface area contributed by atoms with E-state index < -0.39 is 0 Å². The van der Waals surface area contributed by atoms with E-state index in [0.717, 1.165) is 23.5 Å². The van der Waals surface area contributed by atoms with Crippen molar-refractivity contribution < 1.29 is 4.79 Å². The van der Waals surface area contributed by atoms with Crippen LogP contribution in [0.15, 0.2) is 30.0 Å². The summed E-state index contributed by atoms with van der Waals surface area (Å²) in [6.45, 7) is 4.48. The van der Waals surface area contributed by atoms with E-state index in [2.05, 4.69) is 10.3 Å². The zero-order valence-electron chi connectivity index (χ0n) is 11.6. The lowest BCUT2D eigenvalue weighted by Crippen LogP contribution is -2.25. The molecule has 102 valence electrons. The van der Waals surface area contributed by atoms with Crippen molar-refractivity contribution in [2.45, 2.75) is 20.3 Å². The molecular weight excluding hydrogens is 252 g/mol. The van der Waals surface area contributed by atoms with Crippen LogP contribution in [0, 0.1) is 18.3 Å². The molecule has 5 heteroatoms. The molecule has 2 heterocycles. The van der Waals surface area contributed by atoms with Crippen LogP contribution in [0.3, 0.4) is 0 Å². The van der Waals surface area contributed by atoms with Gasteiger partial charge in [0.15, 0.2) is 0 Å². The van der Waals surface area contributed by atoms with Crippen LogP contribution >= 0.6 is 0 Å². The molecule has 1 N–H and O–H groups in total. The summed E-state index contributed by atoms with van der Waals surface area (Å²) in [5.74, 6) is -0.349. The Kier molecular flexibility index (Phi) is 4.16. The van der Waals surface area contributed by atoms with E-state index in [9.17, 15) is 4.79 Å². The number of nitriles is 1. The Labute approximate surface area is 117 Å². The van der Waals surface area contributed by atoms with Gasteiger partial charge < -0.3 is 5.32 Å². The second kappa shape index (κ2) is 6.02. The number of carbonyl (C=O) groups is 1. The second-order valence-corrected chi connectivity index (χ2v) is 4.47. The highest BCUT2D eigenvalue weighted by atomic mass is 16.1. The Morgan fingerprint density at radius 2 is 2.35 bits per heavy atom. The molecule has 1 amide bonds. The highest BCUT2D eigenvalue weighted by Gasteiger charge is 2.10. The molecule has 0 aromatic carbocycles. The Hall–Kier alpha value is -2.61. The number of pyridine rings is 1. The van der Waals surface area contributed by atoms with Gasteiger partial charge in [0.05, 0.1) is 11.9 Å². The number of amides is 1. The summed E-state index contributed by atoms with van der Waals surface area (Å²) in [6.07, 6.45) is 4.06. The van der Waals surface area contributed by atoms with Gasteiger partial charge in [-0.05, 0) is 31.6 Å². The molecule has 0 saturated carbocycles. The number of hydrogen-bond donors (Lipinski definition) is 1. The van der Waals surface area contributed by atoms with Crippen molar-refractivity contribution in [1.29, 1.82) is 5.26 Å². The molecule has 2 aromatic rings. The van der Waals surface area contributed by atoms with E-state index in [0.29, 0.717) is 6.54 Å². The van der Waals surface area contributed by atoms with Gasteiger partial charge in [-0.2, -0.15) is 5.26 Å². The predicted molar refractivity (Wildman–Crippen MR) is 76.8 cm³/mol. The van der Waals surface area contributed by atoms with Gasteiger partial charge in [-0.3, -0.25) is 9.20 Å². The number of nitrogens with one attached hydrogen (secondary N) is 1. The molecule has 20 heavy (non-hydrogen) atoms. The van der Waals surface area contributed by atoms with Gasteiger partial charge in [-0.15, -0.1) is 0 Å². The van der Waals surface area contributed by atoms with Crippen molar-refractivity contribution >= 4 is 17.6 Å². The maximum Gasteiger partial charge on any atom is 0.262 e. The fraction of sp³-hybridized carbons (Fsp3) is 0.267. The van der Waals surface area contributed by atoms with Crippen LogP contribution in [0.2, 0.25) is 0 Å². The molecule has 0 aliphatic carbocycles. The van der Waals surface area contributed by atoms with Crippen LogP contribution in [0.1, 0.15) is 24.7 Å². The van der Waals surface area contributed by atoms with Crippen LogP contribution in [0.4, 0.5) is 0 Å². The minimum atomic E-state index is -0.349. The molecule has 0 radical (unpaired) electrons. The largest absolute Gasteiger partial charge is 0.351 e. The highest BCUT2D eigenvalue weighted by molar-refractivity contribution is 6.01. The highest BCUT2D eigenvalue weighted by Crippen LogP contribution is 2.13. The second-order valence-electron chi connectivity index (χ2n) is 4.47. The lowest BCUT2D eigenvalue weighted by molar-refractivity contribution is -0.117. The van der Waals surface area contributed by atoms with Crippen molar-refractivity contribution in [1.82, 2.24) is 14.7 Å². The van der Waals surface area contributed by atoms with Gasteiger partial charge in [0.1, 0.15) is 17.3 Å². The molecule has 0 aliphatic heterocycles. The predicted octanol–water partition coefficient (Wildman–Crippen LogP) is 2.08. The zero-order chi connectivity index (χ0) is 14.5. The van der Waals surface area contributed by atoms with Gasteiger partial charge in [-0.25, -0.2) is 4.98 Å². The van der Waals surface area contributed by atoms with Crippen LogP contribution in [0.25, 0.3) is 11.7 Å². The summed E-state index contributed by atoms with van der Waals surface area (Å²) in [7, 11) is 0. The maximum atomic E-state index is 11.8. The quantitative estimate of drug-likeness (QED) is 0.681. The third-order valence-corrected chi connectivity index (χ3v) is 2.94. The summed E-state index contributed by atoms with van der Waals surface area (Å²) in [5.41, 5.74) is 2.60. The average molecular weight is 268 g/mol. The van der Waals surface area contributed by atoms with Gasteiger partial charge in [-0.1, -0.05) is 13.0 Å². The summed E-state index contributed by atoms with van der Waals surface area (Å²) in [6, 6.07) is 7.70. The number of aromatic nitrogens is 2.